The Morgan fingerprint density at radius 1 is 1.10 bits per heavy atom. The molecule has 40 heavy (non-hydrogen) atoms. The summed E-state index contributed by atoms with van der Waals surface area (Å²) in [4.78, 5) is 54.8. The predicted molar refractivity (Wildman–Crippen MR) is 144 cm³/mol. The van der Waals surface area contributed by atoms with E-state index in [0.717, 1.165) is 0 Å². The molecular formula is C26H44N8O6. The van der Waals surface area contributed by atoms with Crippen LogP contribution in [0.4, 0.5) is 0 Å². The zero-order valence-corrected chi connectivity index (χ0v) is 23.8. The molecule has 224 valence electrons. The summed E-state index contributed by atoms with van der Waals surface area (Å²) in [6.45, 7) is 6.24. The first-order valence-electron chi connectivity index (χ1n) is 14.2. The van der Waals surface area contributed by atoms with Gasteiger partial charge in [-0.25, -0.2) is 0 Å². The number of carbonyl (C=O) groups excluding carboxylic acids is 4. The zero-order valence-electron chi connectivity index (χ0n) is 23.8. The van der Waals surface area contributed by atoms with Crippen molar-refractivity contribution in [2.24, 2.45) is 5.92 Å². The molecule has 4 amide bonds. The molecule has 0 spiro atoms. The van der Waals surface area contributed by atoms with Crippen molar-refractivity contribution in [2.45, 2.75) is 109 Å². The Kier molecular flexibility index (Phi) is 11.4. The maximum Gasteiger partial charge on any atom is 0.246 e. The molecule has 3 rings (SSSR count). The number of nitrogens with one attached hydrogen (secondary N) is 4. The smallest absolute Gasteiger partial charge is 0.246 e. The first-order chi connectivity index (χ1) is 19.0. The lowest BCUT2D eigenvalue weighted by molar-refractivity contribution is -0.142. The van der Waals surface area contributed by atoms with Crippen LogP contribution >= 0.6 is 0 Å². The summed E-state index contributed by atoms with van der Waals surface area (Å²) in [5.41, 5.74) is 0.518. The van der Waals surface area contributed by atoms with Crippen LogP contribution in [0.2, 0.25) is 0 Å². The summed E-state index contributed by atoms with van der Waals surface area (Å²) in [6, 6.07) is -4.14. The van der Waals surface area contributed by atoms with Crippen molar-refractivity contribution in [3.8, 4) is 0 Å². The fourth-order valence-electron chi connectivity index (χ4n) is 5.04. The van der Waals surface area contributed by atoms with Crippen molar-refractivity contribution in [3.05, 3.63) is 11.9 Å². The van der Waals surface area contributed by atoms with E-state index in [2.05, 4.69) is 31.6 Å². The largest absolute Gasteiger partial charge is 0.366 e. The molecule has 0 unspecified atom stereocenters. The molecule has 14 heteroatoms. The molecule has 0 saturated carbocycles. The maximum atomic E-state index is 13.8. The van der Waals surface area contributed by atoms with E-state index in [-0.39, 0.29) is 18.2 Å². The highest BCUT2D eigenvalue weighted by Crippen LogP contribution is 2.21. The Balaban J connectivity index is 1.94. The van der Waals surface area contributed by atoms with Crippen molar-refractivity contribution in [2.75, 3.05) is 13.6 Å². The van der Waals surface area contributed by atoms with Crippen molar-refractivity contribution in [1.29, 1.82) is 0 Å². The highest BCUT2D eigenvalue weighted by Gasteiger charge is 2.40. The molecule has 1 fully saturated rings. The third-order valence-corrected chi connectivity index (χ3v) is 7.91. The number of aliphatic hydroxyl groups is 2. The summed E-state index contributed by atoms with van der Waals surface area (Å²) < 4.78 is 1.63. The summed E-state index contributed by atoms with van der Waals surface area (Å²) in [7, 11) is 1.65. The highest BCUT2D eigenvalue weighted by atomic mass is 16.5. The number of likely N-dealkylation sites (N-methyl/N-ethyl adjacent to an activating group) is 1. The van der Waals surface area contributed by atoms with Gasteiger partial charge in [0.15, 0.2) is 6.29 Å². The van der Waals surface area contributed by atoms with Gasteiger partial charge in [-0.05, 0) is 52.0 Å². The first kappa shape index (κ1) is 31.4. The molecule has 6 atom stereocenters. The molecule has 1 aromatic heterocycles. The molecule has 0 radical (unpaired) electrons. The van der Waals surface area contributed by atoms with Crippen LogP contribution in [0.25, 0.3) is 0 Å². The molecule has 14 nitrogen and oxygen atoms in total. The second-order valence-electron chi connectivity index (χ2n) is 10.8. The molecule has 3 heterocycles. The molecule has 2 bridgehead atoms. The fraction of sp³-hybridized carbons (Fsp3) is 0.769. The maximum absolute atomic E-state index is 13.8. The van der Waals surface area contributed by atoms with Crippen molar-refractivity contribution >= 4 is 23.6 Å². The summed E-state index contributed by atoms with van der Waals surface area (Å²) in [5.74, 6) is -1.98. The van der Waals surface area contributed by atoms with Crippen molar-refractivity contribution < 1.29 is 29.4 Å². The van der Waals surface area contributed by atoms with Crippen molar-refractivity contribution in [1.82, 2.24) is 41.2 Å². The van der Waals surface area contributed by atoms with E-state index in [1.54, 1.807) is 24.9 Å². The molecule has 0 aliphatic carbocycles. The van der Waals surface area contributed by atoms with Crippen LogP contribution in [0.15, 0.2) is 6.20 Å². The Labute approximate surface area is 234 Å². The van der Waals surface area contributed by atoms with Crippen LogP contribution in [0.3, 0.4) is 0 Å². The minimum atomic E-state index is -1.76. The average Bonchev–Trinajstić information content (AvgIpc) is 3.60. The highest BCUT2D eigenvalue weighted by molar-refractivity contribution is 5.95. The molecule has 2 aliphatic rings. The monoisotopic (exact) mass is 564 g/mol. The fourth-order valence-corrected chi connectivity index (χ4v) is 5.04. The Hall–Kier alpha value is -3.10. The number of carbonyl (C=O) groups is 4. The van der Waals surface area contributed by atoms with E-state index < -0.39 is 54.2 Å². The van der Waals surface area contributed by atoms with Gasteiger partial charge in [0.05, 0.1) is 17.8 Å². The van der Waals surface area contributed by atoms with Gasteiger partial charge >= 0.3 is 0 Å². The van der Waals surface area contributed by atoms with Crippen molar-refractivity contribution in [3.63, 3.8) is 0 Å². The number of hydrogen-bond donors (Lipinski definition) is 6. The minimum Gasteiger partial charge on any atom is -0.366 e. The van der Waals surface area contributed by atoms with Gasteiger partial charge in [0.1, 0.15) is 18.1 Å². The lowest BCUT2D eigenvalue weighted by Crippen LogP contribution is -2.59. The second-order valence-corrected chi connectivity index (χ2v) is 10.8. The summed E-state index contributed by atoms with van der Waals surface area (Å²) in [5, 5.41) is 39.3. The topological polar surface area (TPSA) is 191 Å². The molecule has 1 saturated heterocycles. The summed E-state index contributed by atoms with van der Waals surface area (Å²) in [6.07, 6.45) is 3.14. The van der Waals surface area contributed by atoms with Gasteiger partial charge in [-0.3, -0.25) is 23.9 Å². The van der Waals surface area contributed by atoms with Gasteiger partial charge in [0, 0.05) is 25.7 Å². The van der Waals surface area contributed by atoms with Gasteiger partial charge < -0.3 is 36.4 Å². The quantitative estimate of drug-likeness (QED) is 0.221. The third-order valence-electron chi connectivity index (χ3n) is 7.91. The van der Waals surface area contributed by atoms with Crippen LogP contribution in [0.5, 0.6) is 0 Å². The molecular weight excluding hydrogens is 520 g/mol. The Morgan fingerprint density at radius 3 is 2.52 bits per heavy atom. The lowest BCUT2D eigenvalue weighted by Gasteiger charge is -2.32. The standard InChI is InChI=1S/C26H44N8O6/c1-5-15(2)21-24(37)28-18(26(39)40)9-6-7-11-33-14-17(31-32-33)13-19(29-22(35)16(3)27-4)25(38)34-12-8-10-20(34)23(36)30-21/h14-16,18-21,26-27,39-40H,5-13H2,1-4H3,(H,28,37)(H,29,35)(H,30,36)/t15-,16-,18-,19-,20-,21-/m0/s1. The van der Waals surface area contributed by atoms with Gasteiger partial charge in [-0.2, -0.15) is 0 Å². The number of rotatable bonds is 6. The van der Waals surface area contributed by atoms with Crippen LogP contribution in [-0.4, -0.2) is 104 Å². The van der Waals surface area contributed by atoms with E-state index in [1.165, 1.54) is 4.90 Å². The first-order valence-corrected chi connectivity index (χ1v) is 14.2. The van der Waals surface area contributed by atoms with Crippen LogP contribution in [0.1, 0.15) is 65.0 Å². The number of aromatic nitrogens is 3. The molecule has 6 N–H and O–H groups in total. The van der Waals surface area contributed by atoms with E-state index in [0.29, 0.717) is 57.3 Å². The Bertz CT molecular complexity index is 1030. The van der Waals surface area contributed by atoms with E-state index in [4.69, 9.17) is 0 Å². The average molecular weight is 565 g/mol. The minimum absolute atomic E-state index is 0.0997. The number of nitrogens with zero attached hydrogens (tertiary/aromatic N) is 4. The summed E-state index contributed by atoms with van der Waals surface area (Å²) >= 11 is 0. The van der Waals surface area contributed by atoms with Crippen LogP contribution in [0, 0.1) is 5.92 Å². The van der Waals surface area contributed by atoms with E-state index >= 15 is 0 Å². The zero-order chi connectivity index (χ0) is 29.4. The molecule has 0 aromatic carbocycles. The van der Waals surface area contributed by atoms with Crippen LogP contribution < -0.4 is 21.3 Å². The number of amides is 4. The molecule has 2 aliphatic heterocycles. The predicted octanol–water partition coefficient (Wildman–Crippen LogP) is -1.59. The van der Waals surface area contributed by atoms with Gasteiger partial charge in [0.25, 0.3) is 0 Å². The van der Waals surface area contributed by atoms with Gasteiger partial charge in [-0.1, -0.05) is 25.5 Å². The molecule has 1 aromatic rings. The van der Waals surface area contributed by atoms with E-state index in [9.17, 15) is 29.4 Å². The normalized spacial score (nSPS) is 26.8. The second kappa shape index (κ2) is 14.5. The lowest BCUT2D eigenvalue weighted by atomic mass is 9.96. The number of hydrogen-bond acceptors (Lipinski definition) is 9. The van der Waals surface area contributed by atoms with Crippen LogP contribution in [-0.2, 0) is 32.1 Å². The number of aliphatic hydroxyl groups excluding tert-OH is 1. The number of aryl methyl sites for hydroxylation is 1. The number of fused-ring (bicyclic) bond motifs is 3. The SMILES string of the molecule is CC[C@H](C)[C@@H]1NC(=O)[C@@H]2CCCN2C(=O)[C@@H](NC(=O)[C@H](C)NC)Cc2cn(nn2)CCCC[C@@H](C(O)O)NC1=O. The Morgan fingerprint density at radius 2 is 1.85 bits per heavy atom. The third kappa shape index (κ3) is 7.98. The van der Waals surface area contributed by atoms with Gasteiger partial charge in [-0.15, -0.1) is 5.10 Å². The van der Waals surface area contributed by atoms with Gasteiger partial charge in [0.2, 0.25) is 23.6 Å². The van der Waals surface area contributed by atoms with E-state index in [1.807, 2.05) is 13.8 Å².